The van der Waals surface area contributed by atoms with Gasteiger partial charge in [0.25, 0.3) is 0 Å². The Balaban J connectivity index is 1.37. The van der Waals surface area contributed by atoms with Gasteiger partial charge in [-0.2, -0.15) is 0 Å². The molecule has 2 aromatic carbocycles. The lowest BCUT2D eigenvalue weighted by atomic mass is 10.1. The van der Waals surface area contributed by atoms with Gasteiger partial charge in [-0.25, -0.2) is 0 Å². The molecule has 0 aliphatic rings. The first-order valence-electron chi connectivity index (χ1n) is 8.77. The molecule has 4 rings (SSSR count). The Morgan fingerprint density at radius 1 is 0.964 bits per heavy atom. The second kappa shape index (κ2) is 8.12. The van der Waals surface area contributed by atoms with E-state index < -0.39 is 0 Å². The molecular weight excluding hydrogens is 390 g/mol. The molecule has 2 aromatic heterocycles. The van der Waals surface area contributed by atoms with Gasteiger partial charge in [0, 0.05) is 11.3 Å². The molecule has 6 nitrogen and oxygen atoms in total. The fourth-order valence-corrected chi connectivity index (χ4v) is 4.20. The van der Waals surface area contributed by atoms with Gasteiger partial charge in [-0.1, -0.05) is 46.9 Å². The number of hydrogen-bond acceptors (Lipinski definition) is 8. The zero-order valence-corrected chi connectivity index (χ0v) is 17.4. The van der Waals surface area contributed by atoms with Crippen molar-refractivity contribution in [3.63, 3.8) is 0 Å². The lowest BCUT2D eigenvalue weighted by Crippen LogP contribution is -1.91. The van der Waals surface area contributed by atoms with E-state index in [-0.39, 0.29) is 0 Å². The van der Waals surface area contributed by atoms with Crippen LogP contribution in [0.3, 0.4) is 0 Å². The first-order valence-corrected chi connectivity index (χ1v) is 10.6. The fraction of sp³-hybridized carbons (Fsp3) is 0.200. The molecule has 142 valence electrons. The maximum atomic E-state index is 5.77. The molecule has 0 saturated carbocycles. The van der Waals surface area contributed by atoms with Crippen LogP contribution in [0, 0.1) is 20.8 Å². The number of aromatic nitrogens is 4. The van der Waals surface area contributed by atoms with Gasteiger partial charge in [-0.3, -0.25) is 0 Å². The van der Waals surface area contributed by atoms with Gasteiger partial charge in [-0.05, 0) is 56.2 Å². The second-order valence-corrected chi connectivity index (χ2v) is 8.66. The van der Waals surface area contributed by atoms with E-state index in [0.717, 1.165) is 26.3 Å². The largest absolute Gasteiger partial charge is 0.420 e. The highest BCUT2D eigenvalue weighted by Crippen LogP contribution is 2.30. The summed E-state index contributed by atoms with van der Waals surface area (Å²) in [7, 11) is 0. The Morgan fingerprint density at radius 2 is 1.86 bits per heavy atom. The molecule has 28 heavy (non-hydrogen) atoms. The van der Waals surface area contributed by atoms with Gasteiger partial charge < -0.3 is 9.73 Å². The van der Waals surface area contributed by atoms with Crippen LogP contribution in [0.1, 0.15) is 22.6 Å². The summed E-state index contributed by atoms with van der Waals surface area (Å²) in [4.78, 5) is 0. The van der Waals surface area contributed by atoms with Crippen LogP contribution in [0.4, 0.5) is 10.8 Å². The molecule has 0 radical (unpaired) electrons. The van der Waals surface area contributed by atoms with E-state index in [4.69, 9.17) is 4.42 Å². The molecule has 0 aliphatic heterocycles. The van der Waals surface area contributed by atoms with Crippen molar-refractivity contribution in [2.75, 3.05) is 5.32 Å². The normalized spacial score (nSPS) is 11.0. The Morgan fingerprint density at radius 3 is 2.68 bits per heavy atom. The minimum Gasteiger partial charge on any atom is -0.420 e. The molecule has 0 fully saturated rings. The Hall–Kier alpha value is -2.71. The number of hydrogen-bond donors (Lipinski definition) is 1. The first-order chi connectivity index (χ1) is 13.6. The van der Waals surface area contributed by atoms with Crippen LogP contribution in [0.5, 0.6) is 0 Å². The lowest BCUT2D eigenvalue weighted by Gasteiger charge is -2.05. The number of anilines is 2. The van der Waals surface area contributed by atoms with Crippen molar-refractivity contribution in [2.24, 2.45) is 0 Å². The predicted octanol–water partition coefficient (Wildman–Crippen LogP) is 5.55. The number of nitrogens with one attached hydrogen (secondary N) is 1. The summed E-state index contributed by atoms with van der Waals surface area (Å²) in [5, 5.41) is 20.8. The SMILES string of the molecule is Cc1cccc(-c2nnc(CSc3nnc(Nc4ccc(C)c(C)c4)s3)o2)c1. The number of rotatable bonds is 6. The number of thioether (sulfide) groups is 1. The molecular formula is C20H19N5OS2. The first kappa shape index (κ1) is 18.6. The fourth-order valence-electron chi connectivity index (χ4n) is 2.59. The van der Waals surface area contributed by atoms with Crippen LogP contribution in [0.2, 0.25) is 0 Å². The van der Waals surface area contributed by atoms with Crippen molar-refractivity contribution in [3.8, 4) is 11.5 Å². The number of nitrogens with zero attached hydrogens (tertiary/aromatic N) is 4. The Bertz CT molecular complexity index is 1110. The van der Waals surface area contributed by atoms with E-state index in [0.29, 0.717) is 17.5 Å². The van der Waals surface area contributed by atoms with E-state index >= 15 is 0 Å². The standard InChI is InChI=1S/C20H19N5OS2/c1-12-5-4-6-15(9-12)18-23-22-17(26-18)11-27-20-25-24-19(28-20)21-16-8-7-13(2)14(3)10-16/h4-10H,11H2,1-3H3,(H,21,24). The third kappa shape index (κ3) is 4.40. The molecule has 0 spiro atoms. The van der Waals surface area contributed by atoms with Gasteiger partial charge in [0.15, 0.2) is 4.34 Å². The van der Waals surface area contributed by atoms with E-state index in [9.17, 15) is 0 Å². The quantitative estimate of drug-likeness (QED) is 0.418. The van der Waals surface area contributed by atoms with Gasteiger partial charge in [0.1, 0.15) is 0 Å². The Labute approximate surface area is 171 Å². The molecule has 0 unspecified atom stereocenters. The van der Waals surface area contributed by atoms with Crippen LogP contribution in [-0.2, 0) is 5.75 Å². The zero-order chi connectivity index (χ0) is 19.5. The molecule has 0 saturated heterocycles. The van der Waals surface area contributed by atoms with E-state index in [1.165, 1.54) is 34.2 Å². The van der Waals surface area contributed by atoms with Crippen molar-refractivity contribution in [1.29, 1.82) is 0 Å². The highest BCUT2D eigenvalue weighted by Gasteiger charge is 2.11. The van der Waals surface area contributed by atoms with Crippen LogP contribution in [0.25, 0.3) is 11.5 Å². The van der Waals surface area contributed by atoms with Crippen LogP contribution >= 0.6 is 23.1 Å². The van der Waals surface area contributed by atoms with Crippen molar-refractivity contribution < 1.29 is 4.42 Å². The highest BCUT2D eigenvalue weighted by molar-refractivity contribution is 8.00. The maximum absolute atomic E-state index is 5.77. The van der Waals surface area contributed by atoms with Crippen LogP contribution in [0.15, 0.2) is 51.2 Å². The minimum absolute atomic E-state index is 0.536. The smallest absolute Gasteiger partial charge is 0.247 e. The van der Waals surface area contributed by atoms with Crippen LogP contribution in [-0.4, -0.2) is 20.4 Å². The van der Waals surface area contributed by atoms with E-state index in [2.05, 4.69) is 51.7 Å². The van der Waals surface area contributed by atoms with Crippen molar-refractivity contribution >= 4 is 33.9 Å². The zero-order valence-electron chi connectivity index (χ0n) is 15.8. The molecule has 0 bridgehead atoms. The summed E-state index contributed by atoms with van der Waals surface area (Å²) in [6.45, 7) is 6.23. The molecule has 8 heteroatoms. The summed E-state index contributed by atoms with van der Waals surface area (Å²) in [5.41, 5.74) is 5.60. The second-order valence-electron chi connectivity index (χ2n) is 6.46. The van der Waals surface area contributed by atoms with Crippen molar-refractivity contribution in [3.05, 3.63) is 65.0 Å². The summed E-state index contributed by atoms with van der Waals surface area (Å²) >= 11 is 3.03. The number of benzene rings is 2. The highest BCUT2D eigenvalue weighted by atomic mass is 32.2. The average molecular weight is 410 g/mol. The predicted molar refractivity (Wildman–Crippen MR) is 113 cm³/mol. The molecule has 0 atom stereocenters. The van der Waals surface area contributed by atoms with Crippen LogP contribution < -0.4 is 5.32 Å². The maximum Gasteiger partial charge on any atom is 0.247 e. The van der Waals surface area contributed by atoms with E-state index in [1.807, 2.05) is 37.3 Å². The summed E-state index contributed by atoms with van der Waals surface area (Å²) in [6, 6.07) is 14.3. The average Bonchev–Trinajstić information content (AvgIpc) is 3.32. The molecule has 1 N–H and O–H groups in total. The topological polar surface area (TPSA) is 76.7 Å². The minimum atomic E-state index is 0.536. The van der Waals surface area contributed by atoms with Gasteiger partial charge in [0.05, 0.1) is 5.75 Å². The van der Waals surface area contributed by atoms with Gasteiger partial charge >= 0.3 is 0 Å². The summed E-state index contributed by atoms with van der Waals surface area (Å²) in [5.74, 6) is 1.66. The summed E-state index contributed by atoms with van der Waals surface area (Å²) < 4.78 is 6.62. The van der Waals surface area contributed by atoms with Gasteiger partial charge in [0.2, 0.25) is 16.9 Å². The third-order valence-electron chi connectivity index (χ3n) is 4.22. The molecule has 2 heterocycles. The lowest BCUT2D eigenvalue weighted by molar-refractivity contribution is 0.528. The van der Waals surface area contributed by atoms with Crippen molar-refractivity contribution in [2.45, 2.75) is 30.9 Å². The van der Waals surface area contributed by atoms with Crippen molar-refractivity contribution in [1.82, 2.24) is 20.4 Å². The monoisotopic (exact) mass is 409 g/mol. The molecule has 4 aromatic rings. The molecule has 0 aliphatic carbocycles. The van der Waals surface area contributed by atoms with Gasteiger partial charge in [-0.15, -0.1) is 20.4 Å². The Kier molecular flexibility index (Phi) is 5.40. The third-order valence-corrected chi connectivity index (χ3v) is 6.17. The number of aryl methyl sites for hydroxylation is 3. The molecule has 0 amide bonds. The van der Waals surface area contributed by atoms with E-state index in [1.54, 1.807) is 0 Å². The summed E-state index contributed by atoms with van der Waals surface area (Å²) in [6.07, 6.45) is 0.